The van der Waals surface area contributed by atoms with Gasteiger partial charge in [0.15, 0.2) is 0 Å². The highest BCUT2D eigenvalue weighted by molar-refractivity contribution is 5.56. The molecule has 1 rings (SSSR count). The minimum absolute atomic E-state index is 0.107. The maximum Gasteiger partial charge on any atom is 0.128 e. The number of nitrogens with zero attached hydrogens (tertiary/aromatic N) is 1. The van der Waals surface area contributed by atoms with Crippen molar-refractivity contribution >= 4 is 6.29 Å². The molecule has 5 nitrogen and oxygen atoms in total. The minimum atomic E-state index is -0.885. The van der Waals surface area contributed by atoms with Crippen LogP contribution in [0.5, 0.6) is 0 Å². The van der Waals surface area contributed by atoms with Crippen LogP contribution < -0.4 is 0 Å². The molecule has 62 valence electrons. The van der Waals surface area contributed by atoms with Gasteiger partial charge in [0.05, 0.1) is 25.2 Å². The fourth-order valence-corrected chi connectivity index (χ4v) is 1.07. The lowest BCUT2D eigenvalue weighted by molar-refractivity contribution is -0.122. The van der Waals surface area contributed by atoms with E-state index in [1.807, 2.05) is 0 Å². The Balaban J connectivity index is 2.62. The molecule has 1 N–H and O–H groups in total. The van der Waals surface area contributed by atoms with Crippen molar-refractivity contribution in [2.75, 3.05) is 13.2 Å². The summed E-state index contributed by atoms with van der Waals surface area (Å²) in [7, 11) is 0. The van der Waals surface area contributed by atoms with Gasteiger partial charge < -0.3 is 14.6 Å². The molecule has 0 aromatic carbocycles. The Hall–Kier alpha value is -0.810. The zero-order valence-corrected chi connectivity index (χ0v) is 5.84. The molecule has 1 aliphatic heterocycles. The van der Waals surface area contributed by atoms with E-state index in [0.29, 0.717) is 6.29 Å². The molecule has 1 aliphatic rings. The molecule has 0 aromatic rings. The predicted octanol–water partition coefficient (Wildman–Crippen LogP) is -0.672. The zero-order chi connectivity index (χ0) is 8.27. The van der Waals surface area contributed by atoms with Crippen LogP contribution in [0.4, 0.5) is 0 Å². The number of nitroso groups, excluding NO2 is 1. The van der Waals surface area contributed by atoms with E-state index in [9.17, 15) is 9.70 Å². The van der Waals surface area contributed by atoms with Crippen molar-refractivity contribution in [1.29, 1.82) is 0 Å². The molecular formula is C6H9NO4. The van der Waals surface area contributed by atoms with Gasteiger partial charge in [0, 0.05) is 0 Å². The fourth-order valence-electron chi connectivity index (χ4n) is 1.07. The Kier molecular flexibility index (Phi) is 2.67. The first kappa shape index (κ1) is 8.29. The summed E-state index contributed by atoms with van der Waals surface area (Å²) in [6.07, 6.45) is -0.330. The quantitative estimate of drug-likeness (QED) is 0.428. The van der Waals surface area contributed by atoms with Crippen LogP contribution in [0.1, 0.15) is 0 Å². The van der Waals surface area contributed by atoms with Crippen molar-refractivity contribution in [2.24, 2.45) is 11.1 Å². The number of ether oxygens (including phenoxy) is 1. The van der Waals surface area contributed by atoms with E-state index in [0.717, 1.165) is 0 Å². The van der Waals surface area contributed by atoms with Gasteiger partial charge in [0.1, 0.15) is 12.3 Å². The van der Waals surface area contributed by atoms with Gasteiger partial charge in [-0.05, 0) is 0 Å². The number of hydrogen-bond donors (Lipinski definition) is 1. The van der Waals surface area contributed by atoms with Crippen LogP contribution in [-0.4, -0.2) is 36.8 Å². The number of carbonyl (C=O) groups is 1. The van der Waals surface area contributed by atoms with E-state index in [4.69, 9.17) is 9.84 Å². The monoisotopic (exact) mass is 159 g/mol. The topological polar surface area (TPSA) is 76.0 Å². The highest BCUT2D eigenvalue weighted by atomic mass is 16.5. The maximum atomic E-state index is 10.3. The number of hydrogen-bond acceptors (Lipinski definition) is 5. The van der Waals surface area contributed by atoms with Gasteiger partial charge in [-0.2, -0.15) is 4.91 Å². The molecule has 5 heteroatoms. The van der Waals surface area contributed by atoms with Gasteiger partial charge in [-0.3, -0.25) is 0 Å². The van der Waals surface area contributed by atoms with Gasteiger partial charge >= 0.3 is 0 Å². The molecule has 1 saturated heterocycles. The summed E-state index contributed by atoms with van der Waals surface area (Å²) >= 11 is 0. The van der Waals surface area contributed by atoms with Gasteiger partial charge in [-0.1, -0.05) is 5.18 Å². The van der Waals surface area contributed by atoms with E-state index < -0.39 is 18.1 Å². The molecule has 0 bridgehead atoms. The minimum Gasteiger partial charge on any atom is -0.390 e. The Labute approximate surface area is 63.3 Å². The Morgan fingerprint density at radius 3 is 2.73 bits per heavy atom. The number of aliphatic hydroxyl groups is 1. The summed E-state index contributed by atoms with van der Waals surface area (Å²) in [5, 5.41) is 11.8. The maximum absolute atomic E-state index is 10.3. The average molecular weight is 159 g/mol. The Bertz CT molecular complexity index is 161. The van der Waals surface area contributed by atoms with Gasteiger partial charge in [-0.25, -0.2) is 0 Å². The lowest BCUT2D eigenvalue weighted by Gasteiger charge is -2.26. The van der Waals surface area contributed by atoms with E-state index in [-0.39, 0.29) is 13.2 Å². The molecule has 0 amide bonds. The molecule has 0 aromatic heterocycles. The summed E-state index contributed by atoms with van der Waals surface area (Å²) in [6, 6.07) is -0.726. The largest absolute Gasteiger partial charge is 0.390 e. The van der Waals surface area contributed by atoms with Crippen molar-refractivity contribution in [3.63, 3.8) is 0 Å². The number of aliphatic hydroxyl groups excluding tert-OH is 1. The lowest BCUT2D eigenvalue weighted by atomic mass is 9.95. The first-order valence-corrected chi connectivity index (χ1v) is 3.33. The third-order valence-corrected chi connectivity index (χ3v) is 1.76. The number of carbonyl (C=O) groups excluding carboxylic acids is 1. The first-order chi connectivity index (χ1) is 5.29. The average Bonchev–Trinajstić information content (AvgIpc) is 2.04. The van der Waals surface area contributed by atoms with Crippen LogP contribution in [0.15, 0.2) is 5.18 Å². The Morgan fingerprint density at radius 1 is 1.55 bits per heavy atom. The summed E-state index contributed by atoms with van der Waals surface area (Å²) < 4.78 is 4.81. The van der Waals surface area contributed by atoms with Gasteiger partial charge in [0.25, 0.3) is 0 Å². The van der Waals surface area contributed by atoms with Crippen LogP contribution in [0, 0.1) is 10.8 Å². The first-order valence-electron chi connectivity index (χ1n) is 3.33. The highest BCUT2D eigenvalue weighted by Gasteiger charge is 2.33. The summed E-state index contributed by atoms with van der Waals surface area (Å²) in [6.45, 7) is 0.236. The predicted molar refractivity (Wildman–Crippen MR) is 36.0 cm³/mol. The van der Waals surface area contributed by atoms with Crippen LogP contribution >= 0.6 is 0 Å². The lowest BCUT2D eigenvalue weighted by Crippen LogP contribution is -2.42. The molecular weight excluding hydrogens is 150 g/mol. The molecule has 1 fully saturated rings. The summed E-state index contributed by atoms with van der Waals surface area (Å²) in [4.78, 5) is 20.4. The SMILES string of the molecule is O=CC1C(O)COCC1N=O. The molecule has 0 saturated carbocycles. The van der Waals surface area contributed by atoms with Crippen LogP contribution in [0.3, 0.4) is 0 Å². The molecule has 0 spiro atoms. The van der Waals surface area contributed by atoms with Crippen molar-refractivity contribution in [3.05, 3.63) is 4.91 Å². The zero-order valence-electron chi connectivity index (χ0n) is 5.84. The molecule has 3 atom stereocenters. The Morgan fingerprint density at radius 2 is 2.27 bits per heavy atom. The van der Waals surface area contributed by atoms with E-state index in [1.54, 1.807) is 0 Å². The standard InChI is InChI=1S/C6H9NO4/c8-1-4-5(7-10)2-11-3-6(4)9/h1,4-6,9H,2-3H2. The van der Waals surface area contributed by atoms with Crippen LogP contribution in [0.25, 0.3) is 0 Å². The van der Waals surface area contributed by atoms with Gasteiger partial charge in [0.2, 0.25) is 0 Å². The number of rotatable bonds is 2. The second-order valence-corrected chi connectivity index (χ2v) is 2.49. The second kappa shape index (κ2) is 3.54. The molecule has 0 radical (unpaired) electrons. The van der Waals surface area contributed by atoms with Crippen molar-refractivity contribution in [2.45, 2.75) is 12.1 Å². The van der Waals surface area contributed by atoms with E-state index >= 15 is 0 Å². The van der Waals surface area contributed by atoms with E-state index in [2.05, 4.69) is 5.18 Å². The van der Waals surface area contributed by atoms with Gasteiger partial charge in [-0.15, -0.1) is 0 Å². The van der Waals surface area contributed by atoms with E-state index in [1.165, 1.54) is 0 Å². The van der Waals surface area contributed by atoms with Crippen LogP contribution in [0.2, 0.25) is 0 Å². The highest BCUT2D eigenvalue weighted by Crippen LogP contribution is 2.16. The summed E-state index contributed by atoms with van der Waals surface area (Å²) in [5.41, 5.74) is 0. The van der Waals surface area contributed by atoms with Crippen molar-refractivity contribution in [1.82, 2.24) is 0 Å². The van der Waals surface area contributed by atoms with Crippen LogP contribution in [-0.2, 0) is 9.53 Å². The molecule has 11 heavy (non-hydrogen) atoms. The molecule has 0 aliphatic carbocycles. The summed E-state index contributed by atoms with van der Waals surface area (Å²) in [5.74, 6) is -0.693. The third-order valence-electron chi connectivity index (χ3n) is 1.76. The smallest absolute Gasteiger partial charge is 0.128 e. The third kappa shape index (κ3) is 1.61. The number of aldehydes is 1. The second-order valence-electron chi connectivity index (χ2n) is 2.49. The van der Waals surface area contributed by atoms with Crippen molar-refractivity contribution in [3.8, 4) is 0 Å². The molecule has 1 heterocycles. The fraction of sp³-hybridized carbons (Fsp3) is 0.833. The molecule has 3 unspecified atom stereocenters. The van der Waals surface area contributed by atoms with Crippen molar-refractivity contribution < 1.29 is 14.6 Å². The normalized spacial score (nSPS) is 38.1.